The topological polar surface area (TPSA) is 30.7 Å². The molecule has 1 unspecified atom stereocenters. The molecule has 1 atom stereocenters. The van der Waals surface area contributed by atoms with Crippen molar-refractivity contribution >= 4 is 0 Å². The average Bonchev–Trinajstić information content (AvgIpc) is 2.46. The van der Waals surface area contributed by atoms with Crippen molar-refractivity contribution in [2.75, 3.05) is 0 Å². The number of rotatable bonds is 1. The van der Waals surface area contributed by atoms with Gasteiger partial charge < -0.3 is 4.57 Å². The molecular weight excluding hydrogens is 174 g/mol. The van der Waals surface area contributed by atoms with Gasteiger partial charge in [0, 0.05) is 18.9 Å². The Bertz CT molecular complexity index is 338. The summed E-state index contributed by atoms with van der Waals surface area (Å²) in [6.45, 7) is 3.47. The Hall–Kier alpha value is -0.860. The molecule has 0 aromatic carbocycles. The van der Waals surface area contributed by atoms with E-state index in [1.807, 2.05) is 0 Å². The Balaban J connectivity index is 1.93. The first-order valence-electron chi connectivity index (χ1n) is 5.76. The molecule has 0 saturated heterocycles. The highest BCUT2D eigenvalue weighted by Crippen LogP contribution is 2.36. The molecule has 0 bridgehead atoms. The molecule has 2 heterocycles. The van der Waals surface area contributed by atoms with Crippen molar-refractivity contribution in [3.05, 3.63) is 11.6 Å². The van der Waals surface area contributed by atoms with Crippen LogP contribution in [0.2, 0.25) is 0 Å². The van der Waals surface area contributed by atoms with E-state index in [-0.39, 0.29) is 0 Å². The Morgan fingerprint density at radius 3 is 2.79 bits per heavy atom. The Morgan fingerprint density at radius 2 is 2.07 bits per heavy atom. The molecule has 0 N–H and O–H groups in total. The lowest BCUT2D eigenvalue weighted by atomic mass is 9.84. The van der Waals surface area contributed by atoms with Crippen LogP contribution in [0.15, 0.2) is 0 Å². The van der Waals surface area contributed by atoms with Crippen LogP contribution in [0.3, 0.4) is 0 Å². The van der Waals surface area contributed by atoms with E-state index in [1.54, 1.807) is 0 Å². The first kappa shape index (κ1) is 8.45. The van der Waals surface area contributed by atoms with Crippen molar-refractivity contribution in [2.24, 2.45) is 5.92 Å². The summed E-state index contributed by atoms with van der Waals surface area (Å²) in [5.41, 5.74) is 0. The lowest BCUT2D eigenvalue weighted by Gasteiger charge is -2.28. The zero-order valence-electron chi connectivity index (χ0n) is 8.74. The SMILES string of the molecule is CC1CCc2nnc(C3CCC3)n2C1. The predicted octanol–water partition coefficient (Wildman–Crippen LogP) is 2.13. The maximum Gasteiger partial charge on any atom is 0.136 e. The van der Waals surface area contributed by atoms with Crippen LogP contribution in [0, 0.1) is 5.92 Å². The van der Waals surface area contributed by atoms with Gasteiger partial charge in [-0.1, -0.05) is 13.3 Å². The van der Waals surface area contributed by atoms with Gasteiger partial charge in [-0.15, -0.1) is 10.2 Å². The van der Waals surface area contributed by atoms with Crippen LogP contribution in [-0.2, 0) is 13.0 Å². The Kier molecular flexibility index (Phi) is 1.85. The maximum absolute atomic E-state index is 4.37. The zero-order chi connectivity index (χ0) is 9.54. The molecule has 1 aliphatic carbocycles. The molecule has 0 spiro atoms. The van der Waals surface area contributed by atoms with E-state index >= 15 is 0 Å². The third-order valence-electron chi connectivity index (χ3n) is 3.68. The minimum atomic E-state index is 0.724. The molecule has 14 heavy (non-hydrogen) atoms. The number of hydrogen-bond acceptors (Lipinski definition) is 2. The third kappa shape index (κ3) is 1.18. The monoisotopic (exact) mass is 191 g/mol. The zero-order valence-corrected chi connectivity index (χ0v) is 8.74. The van der Waals surface area contributed by atoms with E-state index in [4.69, 9.17) is 0 Å². The summed E-state index contributed by atoms with van der Waals surface area (Å²) in [7, 11) is 0. The van der Waals surface area contributed by atoms with Crippen molar-refractivity contribution in [3.8, 4) is 0 Å². The van der Waals surface area contributed by atoms with Crippen LogP contribution in [0.4, 0.5) is 0 Å². The Morgan fingerprint density at radius 1 is 1.21 bits per heavy atom. The fraction of sp³-hybridized carbons (Fsp3) is 0.818. The average molecular weight is 191 g/mol. The highest BCUT2D eigenvalue weighted by Gasteiger charge is 2.28. The summed E-state index contributed by atoms with van der Waals surface area (Å²) in [5, 5.41) is 8.67. The molecule has 1 aliphatic heterocycles. The smallest absolute Gasteiger partial charge is 0.136 e. The molecule has 3 nitrogen and oxygen atoms in total. The van der Waals surface area contributed by atoms with Crippen molar-refractivity contribution < 1.29 is 0 Å². The van der Waals surface area contributed by atoms with Crippen molar-refractivity contribution in [2.45, 2.75) is 51.5 Å². The summed E-state index contributed by atoms with van der Waals surface area (Å²) >= 11 is 0. The highest BCUT2D eigenvalue weighted by atomic mass is 15.3. The molecule has 1 aromatic heterocycles. The quantitative estimate of drug-likeness (QED) is 0.680. The molecule has 3 heteroatoms. The van der Waals surface area contributed by atoms with Gasteiger partial charge in [-0.05, 0) is 25.2 Å². The molecule has 3 rings (SSSR count). The van der Waals surface area contributed by atoms with E-state index in [0.29, 0.717) is 0 Å². The van der Waals surface area contributed by atoms with Gasteiger partial charge >= 0.3 is 0 Å². The second kappa shape index (κ2) is 3.07. The Labute approximate surface area is 84.5 Å². The van der Waals surface area contributed by atoms with Gasteiger partial charge in [0.2, 0.25) is 0 Å². The fourth-order valence-corrected chi connectivity index (χ4v) is 2.48. The van der Waals surface area contributed by atoms with Crippen molar-refractivity contribution in [3.63, 3.8) is 0 Å². The number of hydrogen-bond donors (Lipinski definition) is 0. The number of aromatic nitrogens is 3. The minimum absolute atomic E-state index is 0.724. The molecular formula is C11H17N3. The predicted molar refractivity (Wildman–Crippen MR) is 54.1 cm³/mol. The van der Waals surface area contributed by atoms with E-state index in [2.05, 4.69) is 21.7 Å². The van der Waals surface area contributed by atoms with Crippen molar-refractivity contribution in [1.29, 1.82) is 0 Å². The molecule has 1 fully saturated rings. The molecule has 2 aliphatic rings. The summed E-state index contributed by atoms with van der Waals surface area (Å²) in [6.07, 6.45) is 6.44. The van der Waals surface area contributed by atoms with Crippen LogP contribution in [0.5, 0.6) is 0 Å². The van der Waals surface area contributed by atoms with Crippen LogP contribution < -0.4 is 0 Å². The van der Waals surface area contributed by atoms with E-state index in [0.717, 1.165) is 24.8 Å². The molecule has 0 radical (unpaired) electrons. The van der Waals surface area contributed by atoms with Gasteiger partial charge in [-0.3, -0.25) is 0 Å². The van der Waals surface area contributed by atoms with Gasteiger partial charge in [0.05, 0.1) is 0 Å². The lowest BCUT2D eigenvalue weighted by Crippen LogP contribution is -2.23. The molecule has 1 saturated carbocycles. The number of aryl methyl sites for hydroxylation is 1. The van der Waals surface area contributed by atoms with E-state index in [9.17, 15) is 0 Å². The van der Waals surface area contributed by atoms with Crippen LogP contribution in [0.25, 0.3) is 0 Å². The fourth-order valence-electron chi connectivity index (χ4n) is 2.48. The van der Waals surface area contributed by atoms with Gasteiger partial charge in [0.25, 0.3) is 0 Å². The van der Waals surface area contributed by atoms with Gasteiger partial charge in [-0.2, -0.15) is 0 Å². The maximum atomic E-state index is 4.37. The highest BCUT2D eigenvalue weighted by molar-refractivity contribution is 5.07. The lowest BCUT2D eigenvalue weighted by molar-refractivity contribution is 0.344. The summed E-state index contributed by atoms with van der Waals surface area (Å²) in [4.78, 5) is 0. The first-order valence-corrected chi connectivity index (χ1v) is 5.76. The molecule has 1 aromatic rings. The molecule has 0 amide bonds. The summed E-state index contributed by atoms with van der Waals surface area (Å²) in [5.74, 6) is 4.03. The van der Waals surface area contributed by atoms with Crippen LogP contribution in [-0.4, -0.2) is 14.8 Å². The van der Waals surface area contributed by atoms with Crippen molar-refractivity contribution in [1.82, 2.24) is 14.8 Å². The van der Waals surface area contributed by atoms with Crippen LogP contribution in [0.1, 0.15) is 50.2 Å². The van der Waals surface area contributed by atoms with Gasteiger partial charge in [0.1, 0.15) is 11.6 Å². The van der Waals surface area contributed by atoms with Gasteiger partial charge in [0.15, 0.2) is 0 Å². The third-order valence-corrected chi connectivity index (χ3v) is 3.68. The number of fused-ring (bicyclic) bond motifs is 1. The summed E-state index contributed by atoms with van der Waals surface area (Å²) < 4.78 is 2.39. The second-order valence-electron chi connectivity index (χ2n) is 4.86. The van der Waals surface area contributed by atoms with E-state index in [1.165, 1.54) is 37.3 Å². The second-order valence-corrected chi connectivity index (χ2v) is 4.86. The van der Waals surface area contributed by atoms with E-state index < -0.39 is 0 Å². The largest absolute Gasteiger partial charge is 0.314 e. The van der Waals surface area contributed by atoms with Crippen LogP contribution >= 0.6 is 0 Å². The number of nitrogens with zero attached hydrogens (tertiary/aromatic N) is 3. The van der Waals surface area contributed by atoms with Gasteiger partial charge in [-0.25, -0.2) is 0 Å². The minimum Gasteiger partial charge on any atom is -0.314 e. The standard InChI is InChI=1S/C11H17N3/c1-8-5-6-10-12-13-11(14(10)7-8)9-3-2-4-9/h8-9H,2-7H2,1H3. The summed E-state index contributed by atoms with van der Waals surface area (Å²) in [6, 6.07) is 0. The molecule has 76 valence electrons. The first-order chi connectivity index (χ1) is 6.84. The normalized spacial score (nSPS) is 27.1.